The Morgan fingerprint density at radius 1 is 0.818 bits per heavy atom. The Morgan fingerprint density at radius 2 is 1.32 bits per heavy atom. The van der Waals surface area contributed by atoms with Crippen molar-refractivity contribution in [1.82, 2.24) is 4.90 Å². The van der Waals surface area contributed by atoms with E-state index >= 15 is 0 Å². The topological polar surface area (TPSA) is 3.24 Å². The molecule has 0 amide bonds. The first-order valence-electron chi connectivity index (χ1n) is 10.1. The summed E-state index contributed by atoms with van der Waals surface area (Å²) in [5.41, 5.74) is 0. The molecule has 0 aromatic carbocycles. The summed E-state index contributed by atoms with van der Waals surface area (Å²) in [5, 5.41) is 1.16. The fourth-order valence-electron chi connectivity index (χ4n) is 3.18. The monoisotopic (exact) mass is 301 g/mol. The average Bonchev–Trinajstić information content (AvgIpc) is 2.54. The molecule has 0 aromatic heterocycles. The van der Waals surface area contributed by atoms with Crippen molar-refractivity contribution in [1.29, 1.82) is 0 Å². The van der Waals surface area contributed by atoms with Gasteiger partial charge in [-0.1, -0.05) is 0 Å². The molecule has 2 atom stereocenters. The zero-order chi connectivity index (χ0) is 16.6. The Morgan fingerprint density at radius 3 is 1.68 bits per heavy atom. The minimum absolute atomic E-state index is 0.888. The van der Waals surface area contributed by atoms with Crippen molar-refractivity contribution in [3.63, 3.8) is 0 Å². The van der Waals surface area contributed by atoms with Crippen molar-refractivity contribution in [2.45, 2.75) is 84.2 Å². The van der Waals surface area contributed by atoms with Crippen LogP contribution >= 0.6 is 0 Å². The van der Waals surface area contributed by atoms with E-state index in [-0.39, 0.29) is 0 Å². The Kier molecular flexibility index (Phi) is 16.4. The normalized spacial score (nSPS) is 14.9. The van der Waals surface area contributed by atoms with Crippen molar-refractivity contribution in [3.05, 3.63) is 12.2 Å². The van der Waals surface area contributed by atoms with Gasteiger partial charge in [0.25, 0.3) is 0 Å². The molecule has 0 bridgehead atoms. The molecule has 0 aliphatic heterocycles. The first kappa shape index (κ1) is 22.3. The third-order valence-electron chi connectivity index (χ3n) is 4.89. The van der Waals surface area contributed by atoms with Gasteiger partial charge in [-0.3, -0.25) is 0 Å². The number of hydrogen-bond donors (Lipinski definition) is 0. The number of rotatable bonds is 15. The van der Waals surface area contributed by atoms with Gasteiger partial charge in [-0.2, -0.15) is 0 Å². The Labute approximate surface area is 150 Å². The molecule has 0 N–H and O–H groups in total. The number of unbranched alkanes of at least 4 members (excludes halogenated alkanes) is 2. The van der Waals surface area contributed by atoms with E-state index in [1.165, 1.54) is 64.5 Å². The van der Waals surface area contributed by atoms with Crippen LogP contribution in [0.3, 0.4) is 0 Å². The first-order valence-corrected chi connectivity index (χ1v) is 10.1. The molecule has 0 rings (SSSR count). The van der Waals surface area contributed by atoms with Crippen LogP contribution in [0, 0.1) is 11.8 Å². The summed E-state index contributed by atoms with van der Waals surface area (Å²) in [5.74, 6) is 1.78. The summed E-state index contributed by atoms with van der Waals surface area (Å²) < 4.78 is 0. The van der Waals surface area contributed by atoms with Crippen LogP contribution < -0.4 is 0 Å². The Bertz CT molecular complexity index is 234. The Hall–Kier alpha value is 0.297. The predicted molar refractivity (Wildman–Crippen MR) is 103 cm³/mol. The number of allylic oxidation sites excluding steroid dienone is 1. The van der Waals surface area contributed by atoms with E-state index in [9.17, 15) is 0 Å². The third kappa shape index (κ3) is 11.8. The van der Waals surface area contributed by atoms with E-state index in [0.29, 0.717) is 0 Å². The second-order valence-electron chi connectivity index (χ2n) is 6.93. The summed E-state index contributed by atoms with van der Waals surface area (Å²) >= 11 is 2.23. The first-order chi connectivity index (χ1) is 10.7. The van der Waals surface area contributed by atoms with Crippen molar-refractivity contribution < 1.29 is 0 Å². The summed E-state index contributed by atoms with van der Waals surface area (Å²) in [4.78, 5) is 2.74. The summed E-state index contributed by atoms with van der Waals surface area (Å²) in [6.45, 7) is 13.1. The van der Waals surface area contributed by atoms with E-state index in [1.54, 1.807) is 0 Å². The van der Waals surface area contributed by atoms with Gasteiger partial charge in [-0.05, 0) is 0 Å². The van der Waals surface area contributed by atoms with Crippen molar-refractivity contribution in [2.24, 2.45) is 11.8 Å². The molecule has 0 spiro atoms. The van der Waals surface area contributed by atoms with Gasteiger partial charge in [-0.15, -0.1) is 0 Å². The maximum absolute atomic E-state index is 2.74. The summed E-state index contributed by atoms with van der Waals surface area (Å²) in [6, 6.07) is 0. The van der Waals surface area contributed by atoms with E-state index in [1.807, 2.05) is 0 Å². The molecule has 0 fully saturated rings. The molecule has 0 aliphatic rings. The van der Waals surface area contributed by atoms with Crippen LogP contribution in [0.5, 0.6) is 0 Å². The van der Waals surface area contributed by atoms with Crippen LogP contribution in [0.4, 0.5) is 0 Å². The zero-order valence-corrected chi connectivity index (χ0v) is 16.2. The molecular weight excluding hydrogens is 261 g/mol. The van der Waals surface area contributed by atoms with Crippen LogP contribution in [0.25, 0.3) is 0 Å². The van der Waals surface area contributed by atoms with Crippen LogP contribution in [-0.2, 0) is 0 Å². The molecular formula is C20H40LiN. The SMILES string of the molecule is [Li][CH2]C=CCN(CC(CC)CCCC)CC(CC)CCCC. The molecule has 1 nitrogen and oxygen atoms in total. The molecule has 0 heterocycles. The molecule has 0 saturated heterocycles. The van der Waals surface area contributed by atoms with Gasteiger partial charge in [0, 0.05) is 0 Å². The van der Waals surface area contributed by atoms with Crippen molar-refractivity contribution in [3.8, 4) is 0 Å². The molecule has 0 radical (unpaired) electrons. The van der Waals surface area contributed by atoms with Gasteiger partial charge in [0.15, 0.2) is 0 Å². The number of nitrogens with zero attached hydrogens (tertiary/aromatic N) is 1. The van der Waals surface area contributed by atoms with Crippen LogP contribution in [0.2, 0.25) is 5.09 Å². The fourth-order valence-corrected chi connectivity index (χ4v) is 3.18. The molecule has 2 unspecified atom stereocenters. The molecule has 0 saturated carbocycles. The van der Waals surface area contributed by atoms with E-state index in [0.717, 1.165) is 23.5 Å². The van der Waals surface area contributed by atoms with Gasteiger partial charge < -0.3 is 0 Å². The molecule has 22 heavy (non-hydrogen) atoms. The van der Waals surface area contributed by atoms with Crippen LogP contribution in [-0.4, -0.2) is 42.2 Å². The van der Waals surface area contributed by atoms with Crippen molar-refractivity contribution >= 4 is 17.7 Å². The average molecular weight is 301 g/mol. The second-order valence-corrected chi connectivity index (χ2v) is 6.93. The second kappa shape index (κ2) is 16.2. The quantitative estimate of drug-likeness (QED) is 0.270. The standard InChI is InChI=1S/C20H40N.Li/c1-6-11-14-19(9-4)17-21(16-13-8-3)18-20(10-5)15-12-7-2;/h8,13,19-20H,3,6-7,9-12,14-18H2,1-2,4-5H3;. The van der Waals surface area contributed by atoms with Gasteiger partial charge >= 0.3 is 150 Å². The van der Waals surface area contributed by atoms with Gasteiger partial charge in [0.1, 0.15) is 0 Å². The van der Waals surface area contributed by atoms with Crippen molar-refractivity contribution in [2.75, 3.05) is 19.6 Å². The Balaban J connectivity index is 4.53. The number of hydrogen-bond acceptors (Lipinski definition) is 1. The van der Waals surface area contributed by atoms with Gasteiger partial charge in [-0.25, -0.2) is 0 Å². The van der Waals surface area contributed by atoms with E-state index in [2.05, 4.69) is 62.5 Å². The summed E-state index contributed by atoms with van der Waals surface area (Å²) in [7, 11) is 0. The van der Waals surface area contributed by atoms with E-state index in [4.69, 9.17) is 0 Å². The van der Waals surface area contributed by atoms with E-state index < -0.39 is 0 Å². The zero-order valence-electron chi connectivity index (χ0n) is 16.2. The fraction of sp³-hybridized carbons (Fsp3) is 0.900. The maximum atomic E-state index is 2.74. The summed E-state index contributed by atoms with van der Waals surface area (Å²) in [6.07, 6.45) is 15.7. The van der Waals surface area contributed by atoms with Gasteiger partial charge in [0.2, 0.25) is 0 Å². The molecule has 2 heteroatoms. The van der Waals surface area contributed by atoms with Crippen LogP contribution in [0.1, 0.15) is 79.1 Å². The molecule has 0 aliphatic carbocycles. The molecule has 126 valence electrons. The van der Waals surface area contributed by atoms with Gasteiger partial charge in [0.05, 0.1) is 0 Å². The predicted octanol–water partition coefficient (Wildman–Crippen LogP) is 5.86. The van der Waals surface area contributed by atoms with Crippen LogP contribution in [0.15, 0.2) is 12.2 Å². The molecule has 0 aromatic rings. The minimum atomic E-state index is 0.888. The third-order valence-corrected chi connectivity index (χ3v) is 4.89.